The van der Waals surface area contributed by atoms with Crippen molar-refractivity contribution in [3.05, 3.63) is 63.7 Å². The van der Waals surface area contributed by atoms with Crippen LogP contribution in [0, 0.1) is 6.92 Å². The van der Waals surface area contributed by atoms with Gasteiger partial charge < -0.3 is 29.2 Å². The summed E-state index contributed by atoms with van der Waals surface area (Å²) >= 11 is 0. The summed E-state index contributed by atoms with van der Waals surface area (Å²) in [6, 6.07) is 10.4. The van der Waals surface area contributed by atoms with Crippen molar-refractivity contribution in [1.29, 1.82) is 0 Å². The minimum Gasteiger partial charge on any atom is -0.493 e. The minimum atomic E-state index is -0.569. The number of rotatable bonds is 6. The number of pyridine rings is 1. The van der Waals surface area contributed by atoms with Crippen molar-refractivity contribution in [2.24, 2.45) is 0 Å². The van der Waals surface area contributed by atoms with Crippen LogP contribution >= 0.6 is 0 Å². The number of hydrogen-bond donors (Lipinski definition) is 2. The number of aryl methyl sites for hydroxylation is 1. The molecule has 0 spiro atoms. The average molecular weight is 523 g/mol. The molecule has 10 nitrogen and oxygen atoms in total. The van der Waals surface area contributed by atoms with Crippen LogP contribution in [-0.4, -0.2) is 64.1 Å². The molecule has 1 aliphatic heterocycles. The monoisotopic (exact) mass is 522 g/mol. The normalized spacial score (nSPS) is 14.4. The molecule has 38 heavy (non-hydrogen) atoms. The van der Waals surface area contributed by atoms with Gasteiger partial charge in [0.15, 0.2) is 11.5 Å². The third-order valence-corrected chi connectivity index (χ3v) is 6.53. The maximum atomic E-state index is 13.5. The number of amides is 2. The molecule has 0 aliphatic carbocycles. The van der Waals surface area contributed by atoms with Crippen LogP contribution in [0.1, 0.15) is 60.2 Å². The Morgan fingerprint density at radius 2 is 1.76 bits per heavy atom. The van der Waals surface area contributed by atoms with Crippen LogP contribution in [0.3, 0.4) is 0 Å². The summed E-state index contributed by atoms with van der Waals surface area (Å²) in [7, 11) is 1.40. The number of ether oxygens (including phenoxy) is 2. The van der Waals surface area contributed by atoms with Gasteiger partial charge >= 0.3 is 6.09 Å². The molecule has 1 aliphatic rings. The number of ketones is 1. The lowest BCUT2D eigenvalue weighted by Gasteiger charge is -2.33. The molecule has 0 saturated carbocycles. The molecule has 0 bridgehead atoms. The summed E-state index contributed by atoms with van der Waals surface area (Å²) in [5, 5.41) is 3.20. The van der Waals surface area contributed by atoms with Crippen LogP contribution in [0.15, 0.2) is 41.2 Å². The number of likely N-dealkylation sites (tertiary alicyclic amines) is 1. The van der Waals surface area contributed by atoms with Gasteiger partial charge in [-0.05, 0) is 46.6 Å². The zero-order chi connectivity index (χ0) is 27.6. The molecule has 0 atom stereocenters. The Balaban J connectivity index is 1.52. The fourth-order valence-corrected chi connectivity index (χ4v) is 4.61. The number of nitrogens with one attached hydrogen (secondary N) is 2. The van der Waals surface area contributed by atoms with E-state index in [9.17, 15) is 19.2 Å². The summed E-state index contributed by atoms with van der Waals surface area (Å²) in [5.74, 6) is -0.465. The molecule has 3 heterocycles. The van der Waals surface area contributed by atoms with Crippen molar-refractivity contribution >= 4 is 28.7 Å². The Hall–Kier alpha value is -4.08. The third-order valence-electron chi connectivity index (χ3n) is 6.53. The van der Waals surface area contributed by atoms with Crippen LogP contribution < -0.4 is 15.6 Å². The molecule has 1 fully saturated rings. The minimum absolute atomic E-state index is 0.128. The van der Waals surface area contributed by atoms with E-state index in [1.165, 1.54) is 11.7 Å². The predicted molar refractivity (Wildman–Crippen MR) is 143 cm³/mol. The van der Waals surface area contributed by atoms with Crippen molar-refractivity contribution in [2.75, 3.05) is 20.2 Å². The molecule has 4 rings (SSSR count). The number of aromatic amines is 1. The first-order valence-electron chi connectivity index (χ1n) is 12.7. The summed E-state index contributed by atoms with van der Waals surface area (Å²) in [5.41, 5.74) is 0.704. The van der Waals surface area contributed by atoms with Gasteiger partial charge in [0.25, 0.3) is 11.5 Å². The number of methoxy groups -OCH3 is 1. The number of hydrogen-bond acceptors (Lipinski definition) is 6. The van der Waals surface area contributed by atoms with Crippen molar-refractivity contribution in [3.63, 3.8) is 0 Å². The molecule has 1 saturated heterocycles. The molecule has 10 heteroatoms. The SMILES string of the molecule is COc1c(C(=O)NC2CCN(C(=O)OC(C)(C)C)CC2)[nH]c2cc(C)n(CC(=O)c3ccccc3)c(=O)c12. The van der Waals surface area contributed by atoms with Crippen molar-refractivity contribution in [3.8, 4) is 5.75 Å². The van der Waals surface area contributed by atoms with E-state index >= 15 is 0 Å². The second kappa shape index (κ2) is 10.7. The van der Waals surface area contributed by atoms with Gasteiger partial charge in [0.1, 0.15) is 16.7 Å². The maximum Gasteiger partial charge on any atom is 0.410 e. The molecule has 0 radical (unpaired) electrons. The Bertz CT molecular complexity index is 1410. The fourth-order valence-electron chi connectivity index (χ4n) is 4.61. The van der Waals surface area contributed by atoms with E-state index < -0.39 is 17.1 Å². The van der Waals surface area contributed by atoms with Crippen LogP contribution in [0.4, 0.5) is 4.79 Å². The van der Waals surface area contributed by atoms with Crippen LogP contribution in [0.25, 0.3) is 10.9 Å². The van der Waals surface area contributed by atoms with E-state index in [1.807, 2.05) is 26.8 Å². The average Bonchev–Trinajstić information content (AvgIpc) is 3.25. The van der Waals surface area contributed by atoms with Gasteiger partial charge in [-0.1, -0.05) is 30.3 Å². The van der Waals surface area contributed by atoms with E-state index in [4.69, 9.17) is 9.47 Å². The van der Waals surface area contributed by atoms with Gasteiger partial charge in [-0.3, -0.25) is 14.4 Å². The van der Waals surface area contributed by atoms with Gasteiger partial charge in [0.2, 0.25) is 0 Å². The van der Waals surface area contributed by atoms with E-state index in [2.05, 4.69) is 10.3 Å². The second-order valence-electron chi connectivity index (χ2n) is 10.5. The summed E-state index contributed by atoms with van der Waals surface area (Å²) in [4.78, 5) is 56.4. The van der Waals surface area contributed by atoms with Crippen LogP contribution in [-0.2, 0) is 11.3 Å². The third kappa shape index (κ3) is 5.74. The standard InChI is InChI=1S/C28H34N4O6/c1-17-15-20-22(26(35)32(17)16-21(33)18-9-7-6-8-10-18)24(37-5)23(30-20)25(34)29-19-11-13-31(14-12-19)27(36)38-28(2,3)4/h6-10,15,19,30H,11-14,16H2,1-5H3,(H,29,34). The number of H-pyrrole nitrogens is 1. The number of fused-ring (bicyclic) bond motifs is 1. The molecular weight excluding hydrogens is 488 g/mol. The molecule has 0 unspecified atom stereocenters. The maximum absolute atomic E-state index is 13.5. The first-order chi connectivity index (χ1) is 18.0. The Kier molecular flexibility index (Phi) is 7.61. The van der Waals surface area contributed by atoms with Crippen LogP contribution in [0.5, 0.6) is 5.75 Å². The number of piperidine rings is 1. The lowest BCUT2D eigenvalue weighted by atomic mass is 10.1. The number of carbonyl (C=O) groups excluding carboxylic acids is 3. The number of aromatic nitrogens is 2. The van der Waals surface area contributed by atoms with Crippen molar-refractivity contribution in [1.82, 2.24) is 19.8 Å². The zero-order valence-corrected chi connectivity index (χ0v) is 22.4. The van der Waals surface area contributed by atoms with Gasteiger partial charge in [-0.15, -0.1) is 0 Å². The summed E-state index contributed by atoms with van der Waals surface area (Å²) in [6.45, 7) is 8.00. The first-order valence-corrected chi connectivity index (χ1v) is 12.7. The Morgan fingerprint density at radius 3 is 2.37 bits per heavy atom. The topological polar surface area (TPSA) is 123 Å². The van der Waals surface area contributed by atoms with Gasteiger partial charge in [-0.25, -0.2) is 4.79 Å². The highest BCUT2D eigenvalue weighted by molar-refractivity contribution is 6.03. The van der Waals surface area contributed by atoms with Crippen LogP contribution in [0.2, 0.25) is 0 Å². The quantitative estimate of drug-likeness (QED) is 0.477. The van der Waals surface area contributed by atoms with Gasteiger partial charge in [0.05, 0.1) is 19.2 Å². The molecule has 202 valence electrons. The lowest BCUT2D eigenvalue weighted by molar-refractivity contribution is 0.0199. The van der Waals surface area contributed by atoms with E-state index in [-0.39, 0.29) is 41.3 Å². The number of benzene rings is 1. The number of Topliss-reactive ketones (excluding diaryl/α,β-unsaturated/α-hetero) is 1. The van der Waals surface area contributed by atoms with Crippen molar-refractivity contribution in [2.45, 2.75) is 58.7 Å². The molecule has 1 aromatic carbocycles. The van der Waals surface area contributed by atoms with Crippen molar-refractivity contribution < 1.29 is 23.9 Å². The van der Waals surface area contributed by atoms with E-state index in [0.717, 1.165) is 0 Å². The first kappa shape index (κ1) is 27.0. The van der Waals surface area contributed by atoms with Gasteiger partial charge in [-0.2, -0.15) is 0 Å². The second-order valence-corrected chi connectivity index (χ2v) is 10.5. The molecular formula is C28H34N4O6. The molecule has 3 aromatic rings. The highest BCUT2D eigenvalue weighted by Gasteiger charge is 2.29. The highest BCUT2D eigenvalue weighted by atomic mass is 16.6. The lowest BCUT2D eigenvalue weighted by Crippen LogP contribution is -2.47. The fraction of sp³-hybridized carbons (Fsp3) is 0.429. The van der Waals surface area contributed by atoms with Gasteiger partial charge in [0, 0.05) is 30.4 Å². The Labute approximate surface area is 220 Å². The summed E-state index contributed by atoms with van der Waals surface area (Å²) in [6.07, 6.45) is 0.777. The zero-order valence-electron chi connectivity index (χ0n) is 22.4. The predicted octanol–water partition coefficient (Wildman–Crippen LogP) is 3.66. The smallest absolute Gasteiger partial charge is 0.410 e. The highest BCUT2D eigenvalue weighted by Crippen LogP contribution is 2.28. The molecule has 2 N–H and O–H groups in total. The number of carbonyl (C=O) groups is 3. The summed E-state index contributed by atoms with van der Waals surface area (Å²) < 4.78 is 12.3. The molecule has 2 aromatic heterocycles. The van der Waals surface area contributed by atoms with E-state index in [0.29, 0.717) is 42.7 Å². The number of nitrogens with zero attached hydrogens (tertiary/aromatic N) is 2. The van der Waals surface area contributed by atoms with E-state index in [1.54, 1.807) is 42.2 Å². The largest absolute Gasteiger partial charge is 0.493 e. The Morgan fingerprint density at radius 1 is 1.11 bits per heavy atom. The molecule has 2 amide bonds.